The van der Waals surface area contributed by atoms with Gasteiger partial charge in [0.1, 0.15) is 17.4 Å². The van der Waals surface area contributed by atoms with Crippen molar-refractivity contribution in [3.8, 4) is 23.3 Å². The number of allylic oxidation sites excluding steroid dienone is 1. The van der Waals surface area contributed by atoms with Gasteiger partial charge in [-0.05, 0) is 24.6 Å². The average Bonchev–Trinajstić information content (AvgIpc) is 2.83. The van der Waals surface area contributed by atoms with E-state index in [-0.39, 0.29) is 17.0 Å². The molecule has 3 heterocycles. The number of methoxy groups -OCH3 is 2. The maximum atomic E-state index is 13.7. The molecule has 9 nitrogen and oxygen atoms in total. The van der Waals surface area contributed by atoms with Crippen molar-refractivity contribution in [2.75, 3.05) is 47.1 Å². The second-order valence-electron chi connectivity index (χ2n) is 8.01. The molecule has 1 aromatic carbocycles. The minimum absolute atomic E-state index is 0.00495. The third-order valence-electron chi connectivity index (χ3n) is 6.17. The minimum Gasteiger partial charge on any atom is -0.493 e. The first kappa shape index (κ1) is 22.7. The highest BCUT2D eigenvalue weighted by Crippen LogP contribution is 2.42. The summed E-state index contributed by atoms with van der Waals surface area (Å²) in [6.07, 6.45) is 0. The number of aromatic nitrogens is 1. The first-order chi connectivity index (χ1) is 16.0. The monoisotopic (exact) mass is 452 g/mol. The molecular weight excluding hydrogens is 424 g/mol. The number of hydrogen-bond acceptors (Lipinski definition) is 8. The van der Waals surface area contributed by atoms with Crippen LogP contribution in [0.5, 0.6) is 17.2 Å². The van der Waals surface area contributed by atoms with Gasteiger partial charge in [0.15, 0.2) is 11.5 Å². The van der Waals surface area contributed by atoms with Crippen molar-refractivity contribution in [1.82, 2.24) is 9.47 Å². The van der Waals surface area contributed by atoms with Crippen molar-refractivity contribution >= 4 is 0 Å². The van der Waals surface area contributed by atoms with Gasteiger partial charge in [-0.2, -0.15) is 5.26 Å². The van der Waals surface area contributed by atoms with Gasteiger partial charge in [0.25, 0.3) is 5.56 Å². The number of nitrogens with zero attached hydrogens (tertiary/aromatic N) is 3. The summed E-state index contributed by atoms with van der Waals surface area (Å²) in [7, 11) is 3.09. The molecule has 1 atom stereocenters. The van der Waals surface area contributed by atoms with Gasteiger partial charge in [-0.25, -0.2) is 0 Å². The predicted molar refractivity (Wildman–Crippen MR) is 122 cm³/mol. The van der Waals surface area contributed by atoms with Gasteiger partial charge in [-0.1, -0.05) is 6.07 Å². The van der Waals surface area contributed by atoms with Crippen LogP contribution in [0.2, 0.25) is 0 Å². The van der Waals surface area contributed by atoms with Crippen molar-refractivity contribution in [1.29, 1.82) is 5.26 Å². The topological polar surface area (TPSA) is 112 Å². The smallest absolute Gasteiger partial charge is 0.258 e. The lowest BCUT2D eigenvalue weighted by Crippen LogP contribution is -2.40. The average molecular weight is 453 g/mol. The van der Waals surface area contributed by atoms with Crippen LogP contribution < -0.4 is 25.5 Å². The van der Waals surface area contributed by atoms with Gasteiger partial charge < -0.3 is 29.2 Å². The molecule has 1 fully saturated rings. The minimum atomic E-state index is -0.679. The van der Waals surface area contributed by atoms with Crippen LogP contribution in [-0.2, 0) is 11.3 Å². The Morgan fingerprint density at radius 1 is 1.15 bits per heavy atom. The van der Waals surface area contributed by atoms with Crippen LogP contribution in [0.25, 0.3) is 0 Å². The number of aryl methyl sites for hydroxylation is 1. The molecule has 2 aromatic rings. The maximum Gasteiger partial charge on any atom is 0.258 e. The second kappa shape index (κ2) is 9.57. The number of rotatable bonds is 6. The highest BCUT2D eigenvalue weighted by molar-refractivity contribution is 5.57. The van der Waals surface area contributed by atoms with Crippen LogP contribution in [-0.4, -0.2) is 56.5 Å². The van der Waals surface area contributed by atoms with E-state index in [2.05, 4.69) is 11.0 Å². The maximum absolute atomic E-state index is 13.7. The molecule has 9 heteroatoms. The van der Waals surface area contributed by atoms with E-state index in [0.717, 1.165) is 25.3 Å². The van der Waals surface area contributed by atoms with E-state index in [1.54, 1.807) is 23.8 Å². The van der Waals surface area contributed by atoms with E-state index in [0.29, 0.717) is 48.1 Å². The standard InChI is InChI=1S/C24H28N4O5/c1-15-12-20-22(24(29)28(15)7-6-27-8-10-32-11-9-27)21(17(14-25)23(26)33-20)16-4-5-18(30-2)19(13-16)31-3/h4-5,12-13,21H,6-11,26H2,1-3H3/t21-/m0/s1. The van der Waals surface area contributed by atoms with Crippen LogP contribution in [0.3, 0.4) is 0 Å². The molecule has 0 unspecified atom stereocenters. The van der Waals surface area contributed by atoms with Gasteiger partial charge in [0.05, 0.1) is 38.9 Å². The summed E-state index contributed by atoms with van der Waals surface area (Å²) in [6.45, 7) is 6.20. The number of benzene rings is 1. The lowest BCUT2D eigenvalue weighted by Gasteiger charge is -2.29. The zero-order valence-electron chi connectivity index (χ0n) is 19.1. The Hall–Kier alpha value is -3.48. The number of fused-ring (bicyclic) bond motifs is 1. The normalized spacial score (nSPS) is 18.3. The van der Waals surface area contributed by atoms with Gasteiger partial charge in [0, 0.05) is 37.9 Å². The van der Waals surface area contributed by atoms with Crippen molar-refractivity contribution in [2.24, 2.45) is 5.73 Å². The Morgan fingerprint density at radius 2 is 1.88 bits per heavy atom. The third-order valence-corrected chi connectivity index (χ3v) is 6.17. The zero-order chi connectivity index (χ0) is 23.5. The molecule has 2 N–H and O–H groups in total. The van der Waals surface area contributed by atoms with Crippen LogP contribution in [0.1, 0.15) is 22.7 Å². The SMILES string of the molecule is COc1ccc([C@H]2C(C#N)=C(N)Oc3cc(C)n(CCN4CCOCC4)c(=O)c32)cc1OC. The van der Waals surface area contributed by atoms with E-state index in [9.17, 15) is 10.1 Å². The largest absolute Gasteiger partial charge is 0.493 e. The summed E-state index contributed by atoms with van der Waals surface area (Å²) in [5.41, 5.74) is 7.95. The predicted octanol–water partition coefficient (Wildman–Crippen LogP) is 1.72. The van der Waals surface area contributed by atoms with Crippen molar-refractivity contribution < 1.29 is 18.9 Å². The van der Waals surface area contributed by atoms with Gasteiger partial charge in [-0.3, -0.25) is 9.69 Å². The second-order valence-corrected chi connectivity index (χ2v) is 8.01. The molecule has 0 aliphatic carbocycles. The number of pyridine rings is 1. The molecule has 0 spiro atoms. The summed E-state index contributed by atoms with van der Waals surface area (Å²) >= 11 is 0. The molecule has 4 rings (SSSR count). The number of morpholine rings is 1. The summed E-state index contributed by atoms with van der Waals surface area (Å²) in [5.74, 6) is 0.738. The van der Waals surface area contributed by atoms with E-state index in [1.165, 1.54) is 7.11 Å². The van der Waals surface area contributed by atoms with Gasteiger partial charge >= 0.3 is 0 Å². The molecule has 1 aromatic heterocycles. The van der Waals surface area contributed by atoms with Gasteiger partial charge in [-0.15, -0.1) is 0 Å². The molecule has 0 amide bonds. The van der Waals surface area contributed by atoms with Crippen LogP contribution in [0.4, 0.5) is 0 Å². The van der Waals surface area contributed by atoms with Crippen LogP contribution in [0.15, 0.2) is 40.5 Å². The Morgan fingerprint density at radius 3 is 2.55 bits per heavy atom. The van der Waals surface area contributed by atoms with Crippen LogP contribution >= 0.6 is 0 Å². The van der Waals surface area contributed by atoms with E-state index in [4.69, 9.17) is 24.7 Å². The Labute approximate surface area is 192 Å². The molecule has 0 radical (unpaired) electrons. The third kappa shape index (κ3) is 4.27. The van der Waals surface area contributed by atoms with E-state index in [1.807, 2.05) is 19.1 Å². The van der Waals surface area contributed by atoms with Crippen molar-refractivity contribution in [3.63, 3.8) is 0 Å². The molecule has 2 aliphatic rings. The highest BCUT2D eigenvalue weighted by Gasteiger charge is 2.35. The lowest BCUT2D eigenvalue weighted by atomic mass is 9.84. The fourth-order valence-corrected chi connectivity index (χ4v) is 4.40. The Balaban J connectivity index is 1.80. The number of ether oxygens (including phenoxy) is 4. The molecule has 0 saturated carbocycles. The molecule has 2 aliphatic heterocycles. The molecule has 1 saturated heterocycles. The van der Waals surface area contributed by atoms with Gasteiger partial charge in [0.2, 0.25) is 5.88 Å². The van der Waals surface area contributed by atoms with E-state index >= 15 is 0 Å². The molecule has 174 valence electrons. The van der Waals surface area contributed by atoms with Crippen molar-refractivity contribution in [2.45, 2.75) is 19.4 Å². The van der Waals surface area contributed by atoms with Crippen LogP contribution in [0, 0.1) is 18.3 Å². The Kier molecular flexibility index (Phi) is 6.58. The zero-order valence-corrected chi connectivity index (χ0v) is 19.1. The first-order valence-electron chi connectivity index (χ1n) is 10.8. The van der Waals surface area contributed by atoms with E-state index < -0.39 is 5.92 Å². The lowest BCUT2D eigenvalue weighted by molar-refractivity contribution is 0.0362. The highest BCUT2D eigenvalue weighted by atomic mass is 16.5. The first-order valence-corrected chi connectivity index (χ1v) is 10.8. The molecule has 0 bridgehead atoms. The van der Waals surface area contributed by atoms with Crippen molar-refractivity contribution in [3.05, 3.63) is 62.9 Å². The number of nitriles is 1. The fourth-order valence-electron chi connectivity index (χ4n) is 4.40. The summed E-state index contributed by atoms with van der Waals surface area (Å²) in [4.78, 5) is 16.0. The Bertz CT molecular complexity index is 1170. The summed E-state index contributed by atoms with van der Waals surface area (Å²) in [6, 6.07) is 9.27. The summed E-state index contributed by atoms with van der Waals surface area (Å²) < 4.78 is 23.7. The number of nitrogens with two attached hydrogens (primary N) is 1. The summed E-state index contributed by atoms with van der Waals surface area (Å²) in [5, 5.41) is 9.88. The quantitative estimate of drug-likeness (QED) is 0.705. The molecule has 33 heavy (non-hydrogen) atoms. The molecular formula is C24H28N4O5. The number of hydrogen-bond donors (Lipinski definition) is 1. The fraction of sp³-hybridized carbons (Fsp3) is 0.417.